The first kappa shape index (κ1) is 14.3. The maximum absolute atomic E-state index is 13.7. The molecule has 2 rings (SSSR count). The summed E-state index contributed by atoms with van der Waals surface area (Å²) in [5, 5.41) is 10.5. The van der Waals surface area contributed by atoms with Crippen LogP contribution in [0.4, 0.5) is 10.1 Å². The third kappa shape index (κ3) is 3.05. The van der Waals surface area contributed by atoms with E-state index in [1.807, 2.05) is 13.0 Å². The molecule has 0 spiro atoms. The molecule has 0 bridgehead atoms. The van der Waals surface area contributed by atoms with Crippen molar-refractivity contribution in [2.45, 2.75) is 12.8 Å². The number of nitro benzene ring substituents is 1. The zero-order chi connectivity index (χ0) is 14.7. The molecule has 0 atom stereocenters. The molecule has 0 fully saturated rings. The van der Waals surface area contributed by atoms with E-state index >= 15 is 0 Å². The lowest BCUT2D eigenvalue weighted by molar-refractivity contribution is -0.385. The molecule has 20 heavy (non-hydrogen) atoms. The highest BCUT2D eigenvalue weighted by atomic mass is 35.5. The van der Waals surface area contributed by atoms with Gasteiger partial charge < -0.3 is 4.74 Å². The van der Waals surface area contributed by atoms with Gasteiger partial charge >= 0.3 is 0 Å². The average molecular weight is 296 g/mol. The highest BCUT2D eigenvalue weighted by Gasteiger charge is 2.13. The number of alkyl halides is 1. The van der Waals surface area contributed by atoms with Crippen molar-refractivity contribution in [2.75, 3.05) is 0 Å². The molecule has 0 aliphatic heterocycles. The average Bonchev–Trinajstić information content (AvgIpc) is 2.42. The van der Waals surface area contributed by atoms with E-state index in [-0.39, 0.29) is 11.4 Å². The monoisotopic (exact) mass is 295 g/mol. The maximum atomic E-state index is 13.7. The van der Waals surface area contributed by atoms with E-state index in [9.17, 15) is 14.5 Å². The van der Waals surface area contributed by atoms with Gasteiger partial charge in [0.2, 0.25) is 0 Å². The zero-order valence-electron chi connectivity index (χ0n) is 10.6. The van der Waals surface area contributed by atoms with Gasteiger partial charge in [0.15, 0.2) is 11.6 Å². The van der Waals surface area contributed by atoms with E-state index < -0.39 is 10.7 Å². The molecule has 0 N–H and O–H groups in total. The van der Waals surface area contributed by atoms with Gasteiger partial charge in [-0.25, -0.2) is 4.39 Å². The zero-order valence-corrected chi connectivity index (χ0v) is 11.4. The Morgan fingerprint density at radius 1 is 1.25 bits per heavy atom. The third-order valence-corrected chi connectivity index (χ3v) is 3.05. The number of aryl methyl sites for hydroxylation is 1. The van der Waals surface area contributed by atoms with Crippen LogP contribution in [0.1, 0.15) is 11.1 Å². The summed E-state index contributed by atoms with van der Waals surface area (Å²) in [5.74, 6) is 0.0245. The van der Waals surface area contributed by atoms with Gasteiger partial charge in [-0.1, -0.05) is 12.1 Å². The Bertz CT molecular complexity index is 661. The fourth-order valence-electron chi connectivity index (χ4n) is 1.71. The van der Waals surface area contributed by atoms with Gasteiger partial charge in [0.25, 0.3) is 5.69 Å². The molecule has 0 amide bonds. The molecule has 2 aromatic rings. The summed E-state index contributed by atoms with van der Waals surface area (Å²) in [7, 11) is 0. The Morgan fingerprint density at radius 3 is 2.50 bits per heavy atom. The molecule has 0 saturated carbocycles. The second kappa shape index (κ2) is 5.88. The van der Waals surface area contributed by atoms with Crippen LogP contribution in [0.5, 0.6) is 11.5 Å². The van der Waals surface area contributed by atoms with Gasteiger partial charge in [-0.3, -0.25) is 10.1 Å². The summed E-state index contributed by atoms with van der Waals surface area (Å²) in [6.45, 7) is 1.81. The van der Waals surface area contributed by atoms with Crippen molar-refractivity contribution in [3.63, 3.8) is 0 Å². The van der Waals surface area contributed by atoms with Crippen LogP contribution < -0.4 is 4.74 Å². The Kier molecular flexibility index (Phi) is 4.20. The molecule has 6 heteroatoms. The topological polar surface area (TPSA) is 52.4 Å². The minimum atomic E-state index is -0.778. The number of hydrogen-bond acceptors (Lipinski definition) is 3. The van der Waals surface area contributed by atoms with E-state index in [0.717, 1.165) is 17.2 Å². The number of benzene rings is 2. The van der Waals surface area contributed by atoms with E-state index in [2.05, 4.69) is 0 Å². The molecule has 0 unspecified atom stereocenters. The predicted molar refractivity (Wildman–Crippen MR) is 73.9 cm³/mol. The first-order chi connectivity index (χ1) is 9.51. The first-order valence-corrected chi connectivity index (χ1v) is 6.32. The van der Waals surface area contributed by atoms with Crippen molar-refractivity contribution in [3.8, 4) is 11.5 Å². The number of ether oxygens (including phenoxy) is 1. The number of nitrogens with zero attached hydrogens (tertiary/aromatic N) is 1. The van der Waals surface area contributed by atoms with Crippen LogP contribution in [0.3, 0.4) is 0 Å². The van der Waals surface area contributed by atoms with Crippen molar-refractivity contribution in [2.24, 2.45) is 0 Å². The molecule has 0 aliphatic rings. The SMILES string of the molecule is Cc1cc(CCl)ccc1Oc1ccc([N+](=O)[O-])cc1F. The molecule has 2 aromatic carbocycles. The minimum Gasteiger partial charge on any atom is -0.454 e. The van der Waals surface area contributed by atoms with Crippen LogP contribution in [-0.2, 0) is 5.88 Å². The van der Waals surface area contributed by atoms with Gasteiger partial charge in [-0.05, 0) is 30.2 Å². The smallest absolute Gasteiger partial charge is 0.272 e. The Morgan fingerprint density at radius 2 is 1.95 bits per heavy atom. The van der Waals surface area contributed by atoms with Crippen LogP contribution in [0.25, 0.3) is 0 Å². The van der Waals surface area contributed by atoms with E-state index in [4.69, 9.17) is 16.3 Å². The van der Waals surface area contributed by atoms with Gasteiger partial charge in [0.1, 0.15) is 5.75 Å². The van der Waals surface area contributed by atoms with Crippen molar-refractivity contribution in [3.05, 3.63) is 63.5 Å². The van der Waals surface area contributed by atoms with Gasteiger partial charge in [0.05, 0.1) is 11.0 Å². The Balaban J connectivity index is 2.28. The number of rotatable bonds is 4. The molecule has 0 radical (unpaired) electrons. The molecule has 0 heterocycles. The molecule has 104 valence electrons. The van der Waals surface area contributed by atoms with Crippen LogP contribution in [0, 0.1) is 22.9 Å². The second-order valence-corrected chi connectivity index (χ2v) is 4.47. The quantitative estimate of drug-likeness (QED) is 0.471. The molecule has 0 aliphatic carbocycles. The van der Waals surface area contributed by atoms with Gasteiger partial charge in [-0.15, -0.1) is 11.6 Å². The number of non-ortho nitro benzene ring substituents is 1. The molecule has 0 saturated heterocycles. The lowest BCUT2D eigenvalue weighted by Gasteiger charge is -2.10. The Hall–Kier alpha value is -2.14. The summed E-state index contributed by atoms with van der Waals surface area (Å²) in [5.41, 5.74) is 1.42. The van der Waals surface area contributed by atoms with Crippen LogP contribution >= 0.6 is 11.6 Å². The molecular weight excluding hydrogens is 285 g/mol. The second-order valence-electron chi connectivity index (χ2n) is 4.21. The standard InChI is InChI=1S/C14H11ClFNO3/c1-9-6-10(8-15)2-4-13(9)20-14-5-3-11(17(18)19)7-12(14)16/h2-7H,8H2,1H3. The van der Waals surface area contributed by atoms with E-state index in [1.54, 1.807) is 12.1 Å². The summed E-state index contributed by atoms with van der Waals surface area (Å²) in [6.07, 6.45) is 0. The number of nitro groups is 1. The van der Waals surface area contributed by atoms with Gasteiger partial charge in [0, 0.05) is 11.9 Å². The fourth-order valence-corrected chi connectivity index (χ4v) is 1.88. The fraction of sp³-hybridized carbons (Fsp3) is 0.143. The molecule has 0 aromatic heterocycles. The van der Waals surface area contributed by atoms with Crippen molar-refractivity contribution < 1.29 is 14.1 Å². The number of hydrogen-bond donors (Lipinski definition) is 0. The van der Waals surface area contributed by atoms with Crippen molar-refractivity contribution in [1.82, 2.24) is 0 Å². The summed E-state index contributed by atoms with van der Waals surface area (Å²) < 4.78 is 19.2. The van der Waals surface area contributed by atoms with Crippen molar-refractivity contribution >= 4 is 17.3 Å². The summed E-state index contributed by atoms with van der Waals surface area (Å²) >= 11 is 5.72. The first-order valence-electron chi connectivity index (χ1n) is 5.78. The van der Waals surface area contributed by atoms with E-state index in [1.165, 1.54) is 12.1 Å². The predicted octanol–water partition coefficient (Wildman–Crippen LogP) is 4.57. The number of halogens is 2. The third-order valence-electron chi connectivity index (χ3n) is 2.74. The summed E-state index contributed by atoms with van der Waals surface area (Å²) in [4.78, 5) is 9.87. The highest BCUT2D eigenvalue weighted by molar-refractivity contribution is 6.17. The lowest BCUT2D eigenvalue weighted by Crippen LogP contribution is -1.94. The molecule has 4 nitrogen and oxygen atoms in total. The van der Waals surface area contributed by atoms with Crippen LogP contribution in [-0.4, -0.2) is 4.92 Å². The normalized spacial score (nSPS) is 10.3. The van der Waals surface area contributed by atoms with Crippen LogP contribution in [0.15, 0.2) is 36.4 Å². The van der Waals surface area contributed by atoms with Crippen molar-refractivity contribution in [1.29, 1.82) is 0 Å². The van der Waals surface area contributed by atoms with Crippen LogP contribution in [0.2, 0.25) is 0 Å². The summed E-state index contributed by atoms with van der Waals surface area (Å²) in [6, 6.07) is 8.57. The minimum absolute atomic E-state index is 0.0580. The highest BCUT2D eigenvalue weighted by Crippen LogP contribution is 2.30. The van der Waals surface area contributed by atoms with E-state index in [0.29, 0.717) is 11.6 Å². The molecular formula is C14H11ClFNO3. The lowest BCUT2D eigenvalue weighted by atomic mass is 10.1. The Labute approximate surface area is 119 Å². The maximum Gasteiger partial charge on any atom is 0.272 e. The largest absolute Gasteiger partial charge is 0.454 e. The van der Waals surface area contributed by atoms with Gasteiger partial charge in [-0.2, -0.15) is 0 Å².